The molecular weight excluding hydrogens is 280 g/mol. The van der Waals surface area contributed by atoms with Gasteiger partial charge in [-0.2, -0.15) is 0 Å². The first-order valence-electron chi connectivity index (χ1n) is 6.73. The number of hydrogen-bond acceptors (Lipinski definition) is 3. The number of aromatic amines is 1. The molecule has 1 heterocycles. The molecule has 1 aromatic heterocycles. The highest BCUT2D eigenvalue weighted by atomic mass is 16.3. The lowest BCUT2D eigenvalue weighted by Crippen LogP contribution is -2.06. The lowest BCUT2D eigenvalue weighted by molar-refractivity contribution is 0.258. The summed E-state index contributed by atoms with van der Waals surface area (Å²) in [5.74, 6) is -0.117. The van der Waals surface area contributed by atoms with Crippen molar-refractivity contribution in [3.8, 4) is 5.88 Å². The molecule has 2 aromatic carbocycles. The second kappa shape index (κ2) is 5.69. The average molecular weight is 294 g/mol. The van der Waals surface area contributed by atoms with Gasteiger partial charge in [0, 0.05) is 11.1 Å². The van der Waals surface area contributed by atoms with Crippen molar-refractivity contribution in [1.82, 2.24) is 4.98 Å². The van der Waals surface area contributed by atoms with Gasteiger partial charge in [0.1, 0.15) is 0 Å². The minimum absolute atomic E-state index is 0.117. The van der Waals surface area contributed by atoms with Gasteiger partial charge in [-0.05, 0) is 24.6 Å². The number of fused-ring (bicyclic) bond motifs is 1. The van der Waals surface area contributed by atoms with Crippen molar-refractivity contribution < 1.29 is 9.90 Å². The molecule has 0 radical (unpaired) electrons. The van der Waals surface area contributed by atoms with Crippen LogP contribution in [0, 0.1) is 6.92 Å². The van der Waals surface area contributed by atoms with Crippen LogP contribution in [0.25, 0.3) is 10.9 Å². The van der Waals surface area contributed by atoms with E-state index in [2.05, 4.69) is 20.5 Å². The number of rotatable bonds is 2. The number of hydrogen-bond donors (Lipinski definition) is 3. The van der Waals surface area contributed by atoms with Crippen molar-refractivity contribution in [3.05, 3.63) is 54.1 Å². The Kier molecular flexibility index (Phi) is 3.57. The molecule has 0 spiro atoms. The van der Waals surface area contributed by atoms with E-state index >= 15 is 0 Å². The Bertz CT molecular complexity index is 867. The molecule has 0 saturated carbocycles. The Hall–Kier alpha value is -3.15. The third kappa shape index (κ3) is 2.67. The van der Waals surface area contributed by atoms with Crippen molar-refractivity contribution in [3.63, 3.8) is 0 Å². The summed E-state index contributed by atoms with van der Waals surface area (Å²) in [5, 5.41) is 20.7. The lowest BCUT2D eigenvalue weighted by atomic mass is 10.2. The molecule has 3 N–H and O–H groups in total. The molecule has 0 aliphatic rings. The third-order valence-corrected chi connectivity index (χ3v) is 3.29. The Labute approximate surface area is 126 Å². The number of aromatic hydroxyl groups is 1. The number of carbonyl (C=O) groups is 1. The zero-order chi connectivity index (χ0) is 15.5. The van der Waals surface area contributed by atoms with Crippen LogP contribution in [0.15, 0.2) is 58.8 Å². The van der Waals surface area contributed by atoms with Gasteiger partial charge >= 0.3 is 6.03 Å². The number of nitrogens with one attached hydrogen (secondary N) is 2. The summed E-state index contributed by atoms with van der Waals surface area (Å²) < 4.78 is 0. The van der Waals surface area contributed by atoms with Gasteiger partial charge in [0.15, 0.2) is 5.69 Å². The van der Waals surface area contributed by atoms with E-state index in [-0.39, 0.29) is 11.6 Å². The van der Waals surface area contributed by atoms with Crippen LogP contribution in [0.4, 0.5) is 16.2 Å². The zero-order valence-electron chi connectivity index (χ0n) is 11.9. The van der Waals surface area contributed by atoms with Crippen LogP contribution in [0.1, 0.15) is 5.56 Å². The molecule has 0 atom stereocenters. The first-order chi connectivity index (χ1) is 10.6. The topological polar surface area (TPSA) is 89.8 Å². The van der Waals surface area contributed by atoms with Crippen molar-refractivity contribution >= 4 is 28.3 Å². The first-order valence-corrected chi connectivity index (χ1v) is 6.73. The van der Waals surface area contributed by atoms with E-state index in [1.807, 2.05) is 43.3 Å². The number of benzene rings is 2. The number of azo groups is 1. The molecule has 3 rings (SSSR count). The van der Waals surface area contributed by atoms with E-state index in [1.54, 1.807) is 12.1 Å². The van der Waals surface area contributed by atoms with Crippen molar-refractivity contribution in [2.75, 3.05) is 5.32 Å². The third-order valence-electron chi connectivity index (χ3n) is 3.29. The number of aryl methyl sites for hydroxylation is 1. The fourth-order valence-corrected chi connectivity index (χ4v) is 2.16. The second-order valence-electron chi connectivity index (χ2n) is 4.81. The van der Waals surface area contributed by atoms with Crippen LogP contribution in [0.2, 0.25) is 0 Å². The van der Waals surface area contributed by atoms with Gasteiger partial charge in [-0.15, -0.1) is 5.11 Å². The zero-order valence-corrected chi connectivity index (χ0v) is 11.9. The maximum Gasteiger partial charge on any atom is 0.364 e. The maximum atomic E-state index is 11.8. The molecule has 0 aliphatic carbocycles. The summed E-state index contributed by atoms with van der Waals surface area (Å²) in [7, 11) is 0. The number of carbonyl (C=O) groups excluding carboxylic acids is 1. The standard InChI is InChI=1S/C16H14N4O2/c1-10-6-2-4-8-12(10)18-16(22)20-19-14-11-7-3-5-9-13(11)17-15(14)21/h2-9,17,21H,1H3,(H,18,22). The van der Waals surface area contributed by atoms with Crippen LogP contribution in [0.3, 0.4) is 0 Å². The quantitative estimate of drug-likeness (QED) is 0.607. The Morgan fingerprint density at radius 2 is 1.86 bits per heavy atom. The SMILES string of the molecule is Cc1ccccc1NC(=O)N=Nc1c(O)[nH]c2ccccc12. The Morgan fingerprint density at radius 3 is 2.68 bits per heavy atom. The van der Waals surface area contributed by atoms with Crippen LogP contribution in [-0.4, -0.2) is 16.1 Å². The van der Waals surface area contributed by atoms with Gasteiger partial charge in [-0.25, -0.2) is 4.79 Å². The Morgan fingerprint density at radius 1 is 1.14 bits per heavy atom. The van der Waals surface area contributed by atoms with Gasteiger partial charge < -0.3 is 15.4 Å². The first kappa shape index (κ1) is 13.8. The van der Waals surface area contributed by atoms with E-state index < -0.39 is 6.03 Å². The molecule has 6 nitrogen and oxygen atoms in total. The highest BCUT2D eigenvalue weighted by molar-refractivity contribution is 5.95. The summed E-state index contributed by atoms with van der Waals surface area (Å²) in [6.45, 7) is 1.89. The molecule has 6 heteroatoms. The fourth-order valence-electron chi connectivity index (χ4n) is 2.16. The van der Waals surface area contributed by atoms with E-state index in [0.29, 0.717) is 11.1 Å². The molecule has 3 aromatic rings. The van der Waals surface area contributed by atoms with Gasteiger partial charge in [0.2, 0.25) is 5.88 Å². The smallest absolute Gasteiger partial charge is 0.364 e. The monoisotopic (exact) mass is 294 g/mol. The summed E-state index contributed by atoms with van der Waals surface area (Å²) in [5.41, 5.74) is 2.58. The summed E-state index contributed by atoms with van der Waals surface area (Å²) in [6, 6.07) is 14.0. The molecule has 22 heavy (non-hydrogen) atoms. The highest BCUT2D eigenvalue weighted by Gasteiger charge is 2.10. The van der Waals surface area contributed by atoms with E-state index in [0.717, 1.165) is 11.1 Å². The predicted octanol–water partition coefficient (Wildman–Crippen LogP) is 4.50. The number of para-hydroxylation sites is 2. The van der Waals surface area contributed by atoms with E-state index in [4.69, 9.17) is 0 Å². The molecule has 0 unspecified atom stereocenters. The summed E-state index contributed by atoms with van der Waals surface area (Å²) >= 11 is 0. The molecule has 0 aliphatic heterocycles. The number of amides is 2. The average Bonchev–Trinajstić information content (AvgIpc) is 2.83. The molecule has 0 bridgehead atoms. The van der Waals surface area contributed by atoms with Gasteiger partial charge in [0.05, 0.1) is 5.52 Å². The van der Waals surface area contributed by atoms with E-state index in [1.165, 1.54) is 0 Å². The number of anilines is 1. The minimum atomic E-state index is -0.598. The number of urea groups is 1. The molecule has 0 saturated heterocycles. The lowest BCUT2D eigenvalue weighted by Gasteiger charge is -2.03. The van der Waals surface area contributed by atoms with Gasteiger partial charge in [0.25, 0.3) is 0 Å². The predicted molar refractivity (Wildman–Crippen MR) is 84.7 cm³/mol. The van der Waals surface area contributed by atoms with Crippen LogP contribution in [0.5, 0.6) is 5.88 Å². The van der Waals surface area contributed by atoms with Gasteiger partial charge in [-0.3, -0.25) is 0 Å². The molecule has 2 amide bonds. The normalized spacial score (nSPS) is 11.1. The van der Waals surface area contributed by atoms with Crippen molar-refractivity contribution in [2.24, 2.45) is 10.2 Å². The largest absolute Gasteiger partial charge is 0.493 e. The molecule has 0 fully saturated rings. The number of aromatic nitrogens is 1. The summed E-state index contributed by atoms with van der Waals surface area (Å²) in [6.07, 6.45) is 0. The van der Waals surface area contributed by atoms with E-state index in [9.17, 15) is 9.90 Å². The summed E-state index contributed by atoms with van der Waals surface area (Å²) in [4.78, 5) is 14.6. The Balaban J connectivity index is 1.82. The number of nitrogens with zero attached hydrogens (tertiary/aromatic N) is 2. The highest BCUT2D eigenvalue weighted by Crippen LogP contribution is 2.35. The number of H-pyrrole nitrogens is 1. The van der Waals surface area contributed by atoms with Crippen LogP contribution in [-0.2, 0) is 0 Å². The van der Waals surface area contributed by atoms with Crippen molar-refractivity contribution in [1.29, 1.82) is 0 Å². The molecular formula is C16H14N4O2. The second-order valence-corrected chi connectivity index (χ2v) is 4.81. The van der Waals surface area contributed by atoms with Crippen LogP contribution < -0.4 is 5.32 Å². The van der Waals surface area contributed by atoms with Crippen LogP contribution >= 0.6 is 0 Å². The van der Waals surface area contributed by atoms with Crippen molar-refractivity contribution in [2.45, 2.75) is 6.92 Å². The maximum absolute atomic E-state index is 11.8. The fraction of sp³-hybridized carbons (Fsp3) is 0.0625. The minimum Gasteiger partial charge on any atom is -0.493 e. The molecule has 110 valence electrons. The van der Waals surface area contributed by atoms with Gasteiger partial charge in [-0.1, -0.05) is 41.5 Å².